The van der Waals surface area contributed by atoms with E-state index in [1.54, 1.807) is 11.3 Å². The molecule has 2 atom stereocenters. The molecule has 0 aliphatic heterocycles. The lowest BCUT2D eigenvalue weighted by molar-refractivity contribution is 0.598. The summed E-state index contributed by atoms with van der Waals surface area (Å²) >= 11 is 1.66. The monoisotopic (exact) mass is 249 g/mol. The van der Waals surface area contributed by atoms with Crippen molar-refractivity contribution in [2.24, 2.45) is 5.73 Å². The van der Waals surface area contributed by atoms with Gasteiger partial charge < -0.3 is 5.73 Å². The molecule has 0 bridgehead atoms. The number of fused-ring (bicyclic) bond motifs is 1. The number of rotatable bonds is 2. The van der Waals surface area contributed by atoms with Crippen molar-refractivity contribution in [2.75, 3.05) is 0 Å². The van der Waals surface area contributed by atoms with Gasteiger partial charge >= 0.3 is 0 Å². The Bertz CT molecular complexity index is 555. The average Bonchev–Trinajstić information content (AvgIpc) is 2.75. The fourth-order valence-corrected chi connectivity index (χ4v) is 3.74. The number of hydrogen-bond acceptors (Lipinski definition) is 5. The second-order valence-electron chi connectivity index (χ2n) is 5.17. The first-order chi connectivity index (χ1) is 8.33. The number of nitrogens with two attached hydrogens (primary N) is 1. The number of nitrogens with zero attached hydrogens (tertiary/aromatic N) is 4. The molecule has 2 heterocycles. The van der Waals surface area contributed by atoms with E-state index in [9.17, 15) is 0 Å². The topological polar surface area (TPSA) is 69.1 Å². The van der Waals surface area contributed by atoms with Crippen molar-refractivity contribution in [3.63, 3.8) is 0 Å². The van der Waals surface area contributed by atoms with Crippen molar-refractivity contribution >= 4 is 16.3 Å². The highest BCUT2D eigenvalue weighted by Crippen LogP contribution is 2.40. The van der Waals surface area contributed by atoms with Crippen LogP contribution in [0.4, 0.5) is 0 Å². The number of hydrogen-bond donors (Lipinski definition) is 1. The molecule has 5 nitrogen and oxygen atoms in total. The Hall–Kier alpha value is -1.01. The van der Waals surface area contributed by atoms with Crippen LogP contribution in [0.1, 0.15) is 54.8 Å². The summed E-state index contributed by atoms with van der Waals surface area (Å²) in [5.74, 6) is 2.08. The minimum atomic E-state index is 0.281. The Balaban J connectivity index is 1.76. The van der Waals surface area contributed by atoms with Gasteiger partial charge in [0.15, 0.2) is 5.82 Å². The minimum Gasteiger partial charge on any atom is -0.327 e. The Labute approximate surface area is 103 Å². The lowest BCUT2D eigenvalue weighted by Crippen LogP contribution is -2.22. The third kappa shape index (κ3) is 1.51. The number of aromatic nitrogens is 4. The Kier molecular flexibility index (Phi) is 2.05. The zero-order chi connectivity index (χ0) is 11.4. The van der Waals surface area contributed by atoms with Gasteiger partial charge in [0.1, 0.15) is 5.01 Å². The van der Waals surface area contributed by atoms with Crippen LogP contribution in [0.5, 0.6) is 0 Å². The molecule has 0 saturated heterocycles. The van der Waals surface area contributed by atoms with E-state index in [4.69, 9.17) is 10.8 Å². The molecule has 2 unspecified atom stereocenters. The van der Waals surface area contributed by atoms with Gasteiger partial charge in [-0.25, -0.2) is 0 Å². The van der Waals surface area contributed by atoms with E-state index in [-0.39, 0.29) is 6.04 Å². The predicted octanol–water partition coefficient (Wildman–Crippen LogP) is 1.66. The predicted molar refractivity (Wildman–Crippen MR) is 65.2 cm³/mol. The first-order valence-electron chi connectivity index (χ1n) is 6.30. The van der Waals surface area contributed by atoms with Gasteiger partial charge in [0.2, 0.25) is 4.96 Å². The highest BCUT2D eigenvalue weighted by molar-refractivity contribution is 7.16. The maximum atomic E-state index is 6.13. The first kappa shape index (κ1) is 9.96. The molecule has 2 aliphatic rings. The minimum absolute atomic E-state index is 0.281. The lowest BCUT2D eigenvalue weighted by atomic mass is 10.1. The summed E-state index contributed by atoms with van der Waals surface area (Å²) in [6.07, 6.45) is 5.99. The normalized spacial score (nSPS) is 29.2. The van der Waals surface area contributed by atoms with E-state index >= 15 is 0 Å². The van der Waals surface area contributed by atoms with Gasteiger partial charge in [0.05, 0.1) is 0 Å². The molecular weight excluding hydrogens is 234 g/mol. The van der Waals surface area contributed by atoms with E-state index in [0.717, 1.165) is 22.2 Å². The van der Waals surface area contributed by atoms with Crippen molar-refractivity contribution < 1.29 is 0 Å². The molecule has 2 fully saturated rings. The summed E-state index contributed by atoms with van der Waals surface area (Å²) in [7, 11) is 0. The largest absolute Gasteiger partial charge is 0.327 e. The van der Waals surface area contributed by atoms with Crippen LogP contribution in [0, 0.1) is 0 Å². The van der Waals surface area contributed by atoms with Gasteiger partial charge in [0.25, 0.3) is 0 Å². The smallest absolute Gasteiger partial charge is 0.234 e. The maximum absolute atomic E-state index is 6.13. The lowest BCUT2D eigenvalue weighted by Gasteiger charge is -2.10. The van der Waals surface area contributed by atoms with E-state index in [0.29, 0.717) is 11.8 Å². The highest BCUT2D eigenvalue weighted by atomic mass is 32.1. The van der Waals surface area contributed by atoms with Gasteiger partial charge in [0, 0.05) is 17.9 Å². The second kappa shape index (κ2) is 3.49. The first-order valence-corrected chi connectivity index (χ1v) is 7.12. The molecule has 0 radical (unpaired) electrons. The third-order valence-electron chi connectivity index (χ3n) is 3.86. The molecule has 90 valence electrons. The van der Waals surface area contributed by atoms with E-state index in [2.05, 4.69) is 10.2 Å². The third-order valence-corrected chi connectivity index (χ3v) is 4.89. The molecule has 0 amide bonds. The van der Waals surface area contributed by atoms with Crippen LogP contribution in [-0.2, 0) is 0 Å². The van der Waals surface area contributed by atoms with Crippen molar-refractivity contribution in [1.82, 2.24) is 19.8 Å². The fraction of sp³-hybridized carbons (Fsp3) is 0.727. The van der Waals surface area contributed by atoms with Crippen molar-refractivity contribution in [3.8, 4) is 0 Å². The zero-order valence-electron chi connectivity index (χ0n) is 9.54. The molecule has 6 heteroatoms. The average molecular weight is 249 g/mol. The van der Waals surface area contributed by atoms with Gasteiger partial charge in [-0.05, 0) is 25.7 Å². The Morgan fingerprint density at radius 1 is 1.18 bits per heavy atom. The van der Waals surface area contributed by atoms with Crippen molar-refractivity contribution in [1.29, 1.82) is 0 Å². The van der Waals surface area contributed by atoms with Gasteiger partial charge in [-0.3, -0.25) is 0 Å². The molecule has 2 aromatic heterocycles. The molecule has 4 rings (SSSR count). The van der Waals surface area contributed by atoms with Crippen LogP contribution in [0.25, 0.3) is 4.96 Å². The van der Waals surface area contributed by atoms with E-state index < -0.39 is 0 Å². The molecule has 0 aromatic carbocycles. The Morgan fingerprint density at radius 3 is 2.76 bits per heavy atom. The van der Waals surface area contributed by atoms with Crippen LogP contribution in [0.2, 0.25) is 0 Å². The van der Waals surface area contributed by atoms with Crippen LogP contribution in [0.15, 0.2) is 0 Å². The van der Waals surface area contributed by atoms with Gasteiger partial charge in [-0.15, -0.1) is 10.2 Å². The molecule has 0 spiro atoms. The van der Waals surface area contributed by atoms with Gasteiger partial charge in [-0.1, -0.05) is 17.8 Å². The van der Waals surface area contributed by atoms with Gasteiger partial charge in [-0.2, -0.15) is 9.61 Å². The molecule has 2 N–H and O–H groups in total. The summed E-state index contributed by atoms with van der Waals surface area (Å²) in [6, 6.07) is 0.281. The zero-order valence-corrected chi connectivity index (χ0v) is 10.4. The standard InChI is InChI=1S/C11H15N5S/c12-8-3-1-2-7(8)10-15-16-9(6-4-5-6)13-14-11(16)17-10/h6-8H,1-5,12H2. The summed E-state index contributed by atoms with van der Waals surface area (Å²) in [4.78, 5) is 0.931. The molecule has 17 heavy (non-hydrogen) atoms. The van der Waals surface area contributed by atoms with Crippen LogP contribution in [0.3, 0.4) is 0 Å². The summed E-state index contributed by atoms with van der Waals surface area (Å²) in [5.41, 5.74) is 6.13. The van der Waals surface area contributed by atoms with Crippen molar-refractivity contribution in [3.05, 3.63) is 10.8 Å². The maximum Gasteiger partial charge on any atom is 0.234 e. The quantitative estimate of drug-likeness (QED) is 0.878. The molecule has 2 saturated carbocycles. The molecule has 2 aliphatic carbocycles. The fourth-order valence-electron chi connectivity index (χ4n) is 2.69. The van der Waals surface area contributed by atoms with Crippen molar-refractivity contribution in [2.45, 2.75) is 50.0 Å². The Morgan fingerprint density at radius 2 is 2.06 bits per heavy atom. The van der Waals surface area contributed by atoms with Crippen LogP contribution in [-0.4, -0.2) is 25.9 Å². The van der Waals surface area contributed by atoms with E-state index in [1.165, 1.54) is 25.7 Å². The summed E-state index contributed by atoms with van der Waals surface area (Å²) in [6.45, 7) is 0. The molecular formula is C11H15N5S. The highest BCUT2D eigenvalue weighted by Gasteiger charge is 2.32. The van der Waals surface area contributed by atoms with E-state index in [1.807, 2.05) is 4.52 Å². The summed E-state index contributed by atoms with van der Waals surface area (Å²) in [5, 5.41) is 14.3. The molecule has 2 aromatic rings. The summed E-state index contributed by atoms with van der Waals surface area (Å²) < 4.78 is 1.95. The SMILES string of the molecule is NC1CCCC1c1nn2c(C3CC3)nnc2s1. The van der Waals surface area contributed by atoms with Crippen LogP contribution < -0.4 is 5.73 Å². The van der Waals surface area contributed by atoms with Crippen LogP contribution >= 0.6 is 11.3 Å². The second-order valence-corrected chi connectivity index (χ2v) is 6.16.